The Kier molecular flexibility index (Phi) is 14.5. The summed E-state index contributed by atoms with van der Waals surface area (Å²) in [5.74, 6) is -0.521. The third kappa shape index (κ3) is 9.03. The number of hydrogen-bond acceptors (Lipinski definition) is 4. The van der Waals surface area contributed by atoms with Gasteiger partial charge in [0.15, 0.2) is 9.84 Å². The number of rotatable bonds is 4. The first kappa shape index (κ1) is 24.8. The molecule has 0 amide bonds. The van der Waals surface area contributed by atoms with E-state index in [0.717, 1.165) is 10.1 Å². The van der Waals surface area contributed by atoms with Crippen molar-refractivity contribution in [2.75, 3.05) is 5.75 Å². The van der Waals surface area contributed by atoms with E-state index in [9.17, 15) is 13.2 Å². The summed E-state index contributed by atoms with van der Waals surface area (Å²) in [5.41, 5.74) is 0. The standard InChI is InChI=1S/C11H12O2S2.C3H6O2.2C2H6/c1-2-7-15(12,13)10-3-4-11-9(8-10)5-6-14-11;1-2-3(4)5;2*1-2/h3-6,8H,2,7H2,1H3;2H2,1H3,(H,4,5);2*1-2H3. The molecule has 1 N–H and O–H groups in total. The molecule has 24 heavy (non-hydrogen) atoms. The number of carboxylic acid groups (broad SMARTS) is 1. The molecule has 0 atom stereocenters. The molecule has 1 heterocycles. The second kappa shape index (κ2) is 14.0. The molecule has 1 aromatic carbocycles. The van der Waals surface area contributed by atoms with Gasteiger partial charge in [0.05, 0.1) is 10.6 Å². The van der Waals surface area contributed by atoms with Crippen LogP contribution in [0.2, 0.25) is 0 Å². The van der Waals surface area contributed by atoms with Crippen LogP contribution in [0, 0.1) is 0 Å². The lowest BCUT2D eigenvalue weighted by molar-refractivity contribution is -0.136. The molecule has 0 saturated carbocycles. The van der Waals surface area contributed by atoms with Crippen molar-refractivity contribution < 1.29 is 18.3 Å². The first-order valence-corrected chi connectivity index (χ1v) is 10.9. The Balaban J connectivity index is 0. The number of benzene rings is 1. The number of fused-ring (bicyclic) bond motifs is 1. The first-order chi connectivity index (χ1) is 11.4. The maximum atomic E-state index is 11.8. The van der Waals surface area contributed by atoms with E-state index in [2.05, 4.69) is 0 Å². The second-order valence-electron chi connectivity index (χ2n) is 4.19. The fourth-order valence-corrected chi connectivity index (χ4v) is 3.65. The molecule has 2 rings (SSSR count). The molecule has 4 nitrogen and oxygen atoms in total. The summed E-state index contributed by atoms with van der Waals surface area (Å²) in [7, 11) is -3.08. The van der Waals surface area contributed by atoms with Gasteiger partial charge >= 0.3 is 5.97 Å². The third-order valence-electron chi connectivity index (χ3n) is 2.56. The van der Waals surface area contributed by atoms with Crippen molar-refractivity contribution in [3.8, 4) is 0 Å². The fraction of sp³-hybridized carbons (Fsp3) is 0.500. The predicted molar refractivity (Wildman–Crippen MR) is 105 cm³/mol. The van der Waals surface area contributed by atoms with Gasteiger partial charge in [-0.25, -0.2) is 8.42 Å². The Morgan fingerprint density at radius 2 is 1.62 bits per heavy atom. The summed E-state index contributed by atoms with van der Waals surface area (Å²) in [6.45, 7) is 11.5. The van der Waals surface area contributed by atoms with Crippen LogP contribution < -0.4 is 0 Å². The summed E-state index contributed by atoms with van der Waals surface area (Å²) in [6.07, 6.45) is 0.879. The summed E-state index contributed by atoms with van der Waals surface area (Å²) < 4.78 is 24.7. The zero-order chi connectivity index (χ0) is 19.2. The quantitative estimate of drug-likeness (QED) is 0.754. The lowest BCUT2D eigenvalue weighted by atomic mass is 10.3. The van der Waals surface area contributed by atoms with Crippen LogP contribution >= 0.6 is 11.3 Å². The van der Waals surface area contributed by atoms with Crippen molar-refractivity contribution in [1.82, 2.24) is 0 Å². The maximum Gasteiger partial charge on any atom is 0.303 e. The average molecular weight is 375 g/mol. The van der Waals surface area contributed by atoms with Crippen LogP contribution in [0.4, 0.5) is 0 Å². The SMILES string of the molecule is CC.CC.CCC(=O)O.CCCS(=O)(=O)c1ccc2sccc2c1. The minimum atomic E-state index is -3.08. The number of carbonyl (C=O) groups is 1. The van der Waals surface area contributed by atoms with Crippen molar-refractivity contribution in [1.29, 1.82) is 0 Å². The highest BCUT2D eigenvalue weighted by atomic mass is 32.2. The molecular weight excluding hydrogens is 344 g/mol. The zero-order valence-corrected chi connectivity index (χ0v) is 17.1. The summed E-state index contributed by atoms with van der Waals surface area (Å²) in [4.78, 5) is 9.81. The van der Waals surface area contributed by atoms with E-state index in [1.807, 2.05) is 52.1 Å². The van der Waals surface area contributed by atoms with Gasteiger partial charge in [-0.3, -0.25) is 4.79 Å². The van der Waals surface area contributed by atoms with Crippen LogP contribution in [0.25, 0.3) is 10.1 Å². The van der Waals surface area contributed by atoms with Crippen LogP contribution in [0.3, 0.4) is 0 Å². The Labute approximate surface area is 150 Å². The van der Waals surface area contributed by atoms with Crippen molar-refractivity contribution in [2.24, 2.45) is 0 Å². The summed E-state index contributed by atoms with van der Waals surface area (Å²) >= 11 is 1.63. The molecule has 0 fully saturated rings. The Bertz CT molecular complexity index is 673. The minimum Gasteiger partial charge on any atom is -0.481 e. The number of aliphatic carboxylic acids is 1. The first-order valence-electron chi connectivity index (χ1n) is 8.32. The number of carboxylic acids is 1. The van der Waals surface area contributed by atoms with Gasteiger partial charge in [0.1, 0.15) is 0 Å². The van der Waals surface area contributed by atoms with Gasteiger partial charge in [-0.05, 0) is 41.5 Å². The van der Waals surface area contributed by atoms with Crippen molar-refractivity contribution >= 4 is 37.2 Å². The molecule has 0 bridgehead atoms. The molecule has 0 aliphatic rings. The smallest absolute Gasteiger partial charge is 0.303 e. The molecule has 2 aromatic rings. The van der Waals surface area contributed by atoms with E-state index in [0.29, 0.717) is 11.3 Å². The van der Waals surface area contributed by atoms with E-state index in [1.54, 1.807) is 30.4 Å². The van der Waals surface area contributed by atoms with Gasteiger partial charge in [-0.1, -0.05) is 41.5 Å². The normalized spacial score (nSPS) is 9.58. The van der Waals surface area contributed by atoms with Crippen molar-refractivity contribution in [3.63, 3.8) is 0 Å². The third-order valence-corrected chi connectivity index (χ3v) is 5.37. The molecule has 0 aliphatic carbocycles. The highest BCUT2D eigenvalue weighted by molar-refractivity contribution is 7.91. The molecule has 0 radical (unpaired) electrons. The Morgan fingerprint density at radius 1 is 1.08 bits per heavy atom. The Morgan fingerprint density at radius 3 is 2.08 bits per heavy atom. The Hall–Kier alpha value is -1.40. The van der Waals surface area contributed by atoms with Gasteiger partial charge in [0.2, 0.25) is 0 Å². The van der Waals surface area contributed by atoms with Crippen LogP contribution in [-0.2, 0) is 14.6 Å². The lowest BCUT2D eigenvalue weighted by Crippen LogP contribution is -2.05. The molecule has 0 spiro atoms. The number of hydrogen-bond donors (Lipinski definition) is 1. The van der Waals surface area contributed by atoms with Crippen molar-refractivity contribution in [2.45, 2.75) is 59.3 Å². The van der Waals surface area contributed by atoms with E-state index < -0.39 is 15.8 Å². The van der Waals surface area contributed by atoms with Gasteiger partial charge in [0.25, 0.3) is 0 Å². The second-order valence-corrected chi connectivity index (χ2v) is 7.24. The van der Waals surface area contributed by atoms with E-state index in [4.69, 9.17) is 5.11 Å². The molecule has 138 valence electrons. The van der Waals surface area contributed by atoms with Crippen molar-refractivity contribution in [3.05, 3.63) is 29.6 Å². The highest BCUT2D eigenvalue weighted by Gasteiger charge is 2.13. The lowest BCUT2D eigenvalue weighted by Gasteiger charge is -2.02. The van der Waals surface area contributed by atoms with Crippen LogP contribution in [-0.4, -0.2) is 25.2 Å². The highest BCUT2D eigenvalue weighted by Crippen LogP contribution is 2.24. The van der Waals surface area contributed by atoms with Gasteiger partial charge in [-0.15, -0.1) is 11.3 Å². The van der Waals surface area contributed by atoms with Crippen LogP contribution in [0.5, 0.6) is 0 Å². The largest absolute Gasteiger partial charge is 0.481 e. The molecule has 0 aliphatic heterocycles. The number of thiophene rings is 1. The molecule has 6 heteroatoms. The van der Waals surface area contributed by atoms with E-state index in [-0.39, 0.29) is 12.2 Å². The number of sulfone groups is 1. The van der Waals surface area contributed by atoms with Gasteiger partial charge < -0.3 is 5.11 Å². The van der Waals surface area contributed by atoms with Crippen LogP contribution in [0.1, 0.15) is 54.4 Å². The monoisotopic (exact) mass is 374 g/mol. The molecule has 1 aromatic heterocycles. The van der Waals surface area contributed by atoms with E-state index in [1.165, 1.54) is 0 Å². The maximum absolute atomic E-state index is 11.8. The average Bonchev–Trinajstić information content (AvgIpc) is 3.06. The molecule has 0 unspecified atom stereocenters. The van der Waals surface area contributed by atoms with Crippen LogP contribution in [0.15, 0.2) is 34.5 Å². The summed E-state index contributed by atoms with van der Waals surface area (Å²) in [6, 6.07) is 7.29. The van der Waals surface area contributed by atoms with Gasteiger partial charge in [0, 0.05) is 11.1 Å². The molecule has 0 saturated heterocycles. The van der Waals surface area contributed by atoms with Gasteiger partial charge in [-0.2, -0.15) is 0 Å². The van der Waals surface area contributed by atoms with E-state index >= 15 is 0 Å². The fourth-order valence-electron chi connectivity index (χ4n) is 1.52. The minimum absolute atomic E-state index is 0.222. The predicted octanol–water partition coefficient (Wildman–Crippen LogP) is 5.62. The zero-order valence-electron chi connectivity index (χ0n) is 15.5. The topological polar surface area (TPSA) is 71.4 Å². The summed E-state index contributed by atoms with van der Waals surface area (Å²) in [5, 5.41) is 10.7. The molecular formula is C18H30O4S2.